The molecule has 3 rings (SSSR count). The molecule has 0 amide bonds. The fourth-order valence-electron chi connectivity index (χ4n) is 2.18. The van der Waals surface area contributed by atoms with E-state index in [2.05, 4.69) is 10.4 Å². The van der Waals surface area contributed by atoms with Gasteiger partial charge in [-0.2, -0.15) is 5.10 Å². The van der Waals surface area contributed by atoms with Crippen molar-refractivity contribution in [2.24, 2.45) is 0 Å². The maximum Gasteiger partial charge on any atom is 0.131 e. The number of nitrogens with one attached hydrogen (secondary N) is 1. The maximum absolute atomic E-state index is 13.6. The van der Waals surface area contributed by atoms with E-state index in [9.17, 15) is 8.78 Å². The van der Waals surface area contributed by atoms with Crippen LogP contribution in [0.4, 0.5) is 8.78 Å². The molecule has 0 unspecified atom stereocenters. The van der Waals surface area contributed by atoms with Crippen LogP contribution < -0.4 is 5.32 Å². The maximum atomic E-state index is 13.6. The minimum atomic E-state index is -0.558. The number of hydrogen-bond acceptors (Lipinski definition) is 2. The molecule has 0 aliphatic heterocycles. The van der Waals surface area contributed by atoms with E-state index in [1.807, 2.05) is 13.1 Å². The summed E-state index contributed by atoms with van der Waals surface area (Å²) in [7, 11) is 0. The van der Waals surface area contributed by atoms with Crippen LogP contribution in [0.1, 0.15) is 29.7 Å². The van der Waals surface area contributed by atoms with Crippen molar-refractivity contribution >= 4 is 0 Å². The average molecular weight is 277 g/mol. The average Bonchev–Trinajstić information content (AvgIpc) is 3.15. The second-order valence-corrected chi connectivity index (χ2v) is 5.33. The molecule has 1 saturated carbocycles. The van der Waals surface area contributed by atoms with E-state index in [-0.39, 0.29) is 0 Å². The number of hydrogen-bond donors (Lipinski definition) is 1. The third-order valence-corrected chi connectivity index (χ3v) is 3.55. The highest BCUT2D eigenvalue weighted by molar-refractivity contribution is 5.21. The third-order valence-electron chi connectivity index (χ3n) is 3.55. The van der Waals surface area contributed by atoms with Gasteiger partial charge in [0.15, 0.2) is 0 Å². The molecule has 0 saturated heterocycles. The SMILES string of the molecule is Cc1nn(Cc2ccc(F)cc2F)cc1CNC1CC1. The van der Waals surface area contributed by atoms with Gasteiger partial charge in [-0.05, 0) is 25.8 Å². The quantitative estimate of drug-likeness (QED) is 0.910. The van der Waals surface area contributed by atoms with Crippen molar-refractivity contribution in [1.82, 2.24) is 15.1 Å². The number of aromatic nitrogens is 2. The molecule has 106 valence electrons. The summed E-state index contributed by atoms with van der Waals surface area (Å²) in [6, 6.07) is 4.28. The molecule has 0 bridgehead atoms. The van der Waals surface area contributed by atoms with Gasteiger partial charge in [-0.3, -0.25) is 4.68 Å². The van der Waals surface area contributed by atoms with Crippen LogP contribution >= 0.6 is 0 Å². The highest BCUT2D eigenvalue weighted by Crippen LogP contribution is 2.20. The van der Waals surface area contributed by atoms with Crippen LogP contribution in [0.25, 0.3) is 0 Å². The van der Waals surface area contributed by atoms with E-state index in [0.29, 0.717) is 18.2 Å². The molecule has 1 N–H and O–H groups in total. The monoisotopic (exact) mass is 277 g/mol. The van der Waals surface area contributed by atoms with Crippen LogP contribution in [0.15, 0.2) is 24.4 Å². The summed E-state index contributed by atoms with van der Waals surface area (Å²) in [5, 5.41) is 7.82. The zero-order valence-corrected chi connectivity index (χ0v) is 11.4. The van der Waals surface area contributed by atoms with Crippen LogP contribution in [0.5, 0.6) is 0 Å². The first kappa shape index (κ1) is 13.2. The first-order chi connectivity index (χ1) is 9.61. The topological polar surface area (TPSA) is 29.9 Å². The second-order valence-electron chi connectivity index (χ2n) is 5.33. The summed E-state index contributed by atoms with van der Waals surface area (Å²) in [4.78, 5) is 0. The molecule has 1 aromatic carbocycles. The fourth-order valence-corrected chi connectivity index (χ4v) is 2.18. The van der Waals surface area contributed by atoms with Gasteiger partial charge >= 0.3 is 0 Å². The summed E-state index contributed by atoms with van der Waals surface area (Å²) in [5.41, 5.74) is 2.51. The molecular formula is C15H17F2N3. The zero-order valence-electron chi connectivity index (χ0n) is 11.4. The highest BCUT2D eigenvalue weighted by atomic mass is 19.1. The van der Waals surface area contributed by atoms with Crippen LogP contribution in [0, 0.1) is 18.6 Å². The lowest BCUT2D eigenvalue weighted by molar-refractivity contribution is 0.557. The molecule has 3 nitrogen and oxygen atoms in total. The number of aryl methyl sites for hydroxylation is 1. The Morgan fingerprint density at radius 1 is 1.30 bits per heavy atom. The summed E-state index contributed by atoms with van der Waals surface area (Å²) in [6.45, 7) is 3.06. The van der Waals surface area contributed by atoms with Gasteiger partial charge in [0, 0.05) is 36.0 Å². The van der Waals surface area contributed by atoms with Crippen LogP contribution in [0.3, 0.4) is 0 Å². The second kappa shape index (κ2) is 5.32. The van der Waals surface area contributed by atoms with E-state index >= 15 is 0 Å². The number of nitrogens with zero attached hydrogens (tertiary/aromatic N) is 2. The molecule has 1 fully saturated rings. The molecule has 1 heterocycles. The Bertz CT molecular complexity index is 618. The third kappa shape index (κ3) is 3.04. The van der Waals surface area contributed by atoms with Gasteiger partial charge in [-0.1, -0.05) is 6.07 Å². The predicted molar refractivity (Wildman–Crippen MR) is 72.3 cm³/mol. The van der Waals surface area contributed by atoms with Crippen LogP contribution in [-0.4, -0.2) is 15.8 Å². The molecule has 2 aromatic rings. The van der Waals surface area contributed by atoms with Crippen LogP contribution in [0.2, 0.25) is 0 Å². The predicted octanol–water partition coefficient (Wildman–Crippen LogP) is 2.77. The lowest BCUT2D eigenvalue weighted by atomic mass is 10.2. The van der Waals surface area contributed by atoms with Gasteiger partial charge < -0.3 is 5.32 Å². The summed E-state index contributed by atoms with van der Waals surface area (Å²) in [5.74, 6) is -1.09. The smallest absolute Gasteiger partial charge is 0.131 e. The molecule has 1 aliphatic carbocycles. The minimum absolute atomic E-state index is 0.316. The number of benzene rings is 1. The van der Waals surface area contributed by atoms with Crippen molar-refractivity contribution in [3.8, 4) is 0 Å². The normalized spacial score (nSPS) is 14.8. The van der Waals surface area contributed by atoms with E-state index in [0.717, 1.165) is 23.9 Å². The molecule has 0 atom stereocenters. The van der Waals surface area contributed by atoms with E-state index in [1.54, 1.807) is 4.68 Å². The van der Waals surface area contributed by atoms with Crippen molar-refractivity contribution in [3.05, 3.63) is 52.9 Å². The van der Waals surface area contributed by atoms with Crippen molar-refractivity contribution in [2.75, 3.05) is 0 Å². The number of rotatable bonds is 5. The highest BCUT2D eigenvalue weighted by Gasteiger charge is 2.20. The van der Waals surface area contributed by atoms with Gasteiger partial charge in [0.2, 0.25) is 0 Å². The molecule has 0 radical (unpaired) electrons. The Kier molecular flexibility index (Phi) is 3.53. The molecule has 1 aromatic heterocycles. The zero-order chi connectivity index (χ0) is 14.1. The van der Waals surface area contributed by atoms with Crippen molar-refractivity contribution in [1.29, 1.82) is 0 Å². The van der Waals surface area contributed by atoms with Crippen molar-refractivity contribution in [2.45, 2.75) is 38.9 Å². The van der Waals surface area contributed by atoms with Crippen molar-refractivity contribution < 1.29 is 8.78 Å². The van der Waals surface area contributed by atoms with Gasteiger partial charge in [0.1, 0.15) is 11.6 Å². The van der Waals surface area contributed by atoms with Crippen LogP contribution in [-0.2, 0) is 13.1 Å². The van der Waals surface area contributed by atoms with Gasteiger partial charge in [0.05, 0.1) is 12.2 Å². The first-order valence-electron chi connectivity index (χ1n) is 6.82. The number of halogens is 2. The Morgan fingerprint density at radius 2 is 2.10 bits per heavy atom. The summed E-state index contributed by atoms with van der Waals surface area (Å²) >= 11 is 0. The van der Waals surface area contributed by atoms with E-state index in [1.165, 1.54) is 25.0 Å². The Balaban J connectivity index is 1.71. The lowest BCUT2D eigenvalue weighted by Crippen LogP contribution is -2.15. The van der Waals surface area contributed by atoms with Gasteiger partial charge in [-0.15, -0.1) is 0 Å². The first-order valence-corrected chi connectivity index (χ1v) is 6.82. The Hall–Kier alpha value is -1.75. The van der Waals surface area contributed by atoms with E-state index < -0.39 is 11.6 Å². The summed E-state index contributed by atoms with van der Waals surface area (Å²) < 4.78 is 28.2. The molecule has 1 aliphatic rings. The molecular weight excluding hydrogens is 260 g/mol. The molecule has 5 heteroatoms. The van der Waals surface area contributed by atoms with Gasteiger partial charge in [-0.25, -0.2) is 8.78 Å². The standard InChI is InChI=1S/C15H17F2N3/c1-10-12(7-18-14-4-5-14)9-20(19-10)8-11-2-3-13(16)6-15(11)17/h2-3,6,9,14,18H,4-5,7-8H2,1H3. The summed E-state index contributed by atoms with van der Waals surface area (Å²) in [6.07, 6.45) is 4.41. The fraction of sp³-hybridized carbons (Fsp3) is 0.400. The Morgan fingerprint density at radius 3 is 2.80 bits per heavy atom. The van der Waals surface area contributed by atoms with Crippen molar-refractivity contribution in [3.63, 3.8) is 0 Å². The Labute approximate surface area is 116 Å². The lowest BCUT2D eigenvalue weighted by Gasteiger charge is -2.03. The molecule has 0 spiro atoms. The largest absolute Gasteiger partial charge is 0.310 e. The minimum Gasteiger partial charge on any atom is -0.310 e. The molecule has 20 heavy (non-hydrogen) atoms. The van der Waals surface area contributed by atoms with E-state index in [4.69, 9.17) is 0 Å². The van der Waals surface area contributed by atoms with Gasteiger partial charge in [0.25, 0.3) is 0 Å².